The summed E-state index contributed by atoms with van der Waals surface area (Å²) in [5.41, 5.74) is 9.02. The highest BCUT2D eigenvalue weighted by molar-refractivity contribution is 6.06. The number of carbonyl (C=O) groups is 4. The monoisotopic (exact) mass is 748 g/mol. The smallest absolute Gasteiger partial charge is 0.274 e. The van der Waals surface area contributed by atoms with E-state index in [1.54, 1.807) is 18.3 Å². The quantitative estimate of drug-likeness (QED) is 0.183. The van der Waals surface area contributed by atoms with E-state index in [2.05, 4.69) is 62.5 Å². The van der Waals surface area contributed by atoms with Crippen molar-refractivity contribution in [3.63, 3.8) is 0 Å². The van der Waals surface area contributed by atoms with Gasteiger partial charge in [0.2, 0.25) is 17.8 Å². The Morgan fingerprint density at radius 3 is 2.40 bits per heavy atom. The summed E-state index contributed by atoms with van der Waals surface area (Å²) in [7, 11) is 0. The molecule has 5 N–H and O–H groups in total. The predicted octanol–water partition coefficient (Wildman–Crippen LogP) is 3.13. The average molecular weight is 749 g/mol. The number of fused-ring (bicyclic) bond motifs is 1. The number of pyridine rings is 1. The molecule has 0 spiro atoms. The van der Waals surface area contributed by atoms with Gasteiger partial charge in [0.1, 0.15) is 17.6 Å². The third-order valence-corrected chi connectivity index (χ3v) is 11.4. The van der Waals surface area contributed by atoms with E-state index in [4.69, 9.17) is 10.8 Å². The molecule has 4 aromatic rings. The number of nitrogens with two attached hydrogens (primary N) is 1. The number of hydrogen-bond donors (Lipinski definition) is 4. The van der Waals surface area contributed by atoms with Gasteiger partial charge in [-0.05, 0) is 87.6 Å². The Balaban J connectivity index is 0.837. The molecule has 4 saturated heterocycles. The van der Waals surface area contributed by atoms with Crippen molar-refractivity contribution in [2.75, 3.05) is 66.7 Å². The lowest BCUT2D eigenvalue weighted by Crippen LogP contribution is -2.52. The number of likely N-dealkylation sites (tertiary alicyclic amines) is 1. The van der Waals surface area contributed by atoms with Gasteiger partial charge in [-0.15, -0.1) is 0 Å². The first-order valence-electron chi connectivity index (χ1n) is 19.5. The number of nitrogens with zero attached hydrogens (tertiary/aromatic N) is 8. The van der Waals surface area contributed by atoms with E-state index in [1.165, 1.54) is 12.6 Å². The fraction of sp³-hybridized carbons (Fsp3) is 0.487. The van der Waals surface area contributed by atoms with Crippen molar-refractivity contribution in [2.45, 2.75) is 69.9 Å². The molecule has 4 fully saturated rings. The van der Waals surface area contributed by atoms with E-state index >= 15 is 0 Å². The van der Waals surface area contributed by atoms with Gasteiger partial charge in [0.25, 0.3) is 11.8 Å². The Hall–Kier alpha value is -5.64. The first-order chi connectivity index (χ1) is 26.8. The lowest BCUT2D eigenvalue weighted by Gasteiger charge is -2.38. The molecule has 1 aromatic carbocycles. The van der Waals surface area contributed by atoms with Crippen LogP contribution in [0.2, 0.25) is 0 Å². The molecule has 55 heavy (non-hydrogen) atoms. The van der Waals surface area contributed by atoms with Crippen molar-refractivity contribution in [3.8, 4) is 0 Å². The summed E-state index contributed by atoms with van der Waals surface area (Å²) in [6.45, 7) is 6.81. The number of benzene rings is 1. The van der Waals surface area contributed by atoms with Gasteiger partial charge in [-0.2, -0.15) is 5.10 Å². The van der Waals surface area contributed by atoms with Crippen molar-refractivity contribution >= 4 is 57.7 Å². The highest BCUT2D eigenvalue weighted by Crippen LogP contribution is 2.35. The molecule has 1 unspecified atom stereocenters. The van der Waals surface area contributed by atoms with E-state index in [-0.39, 0.29) is 35.8 Å². The van der Waals surface area contributed by atoms with Crippen LogP contribution in [0.5, 0.6) is 0 Å². The number of carbonyl (C=O) groups excluding carboxylic acids is 4. The van der Waals surface area contributed by atoms with Crippen LogP contribution < -0.4 is 31.5 Å². The highest BCUT2D eigenvalue weighted by Gasteiger charge is 2.30. The van der Waals surface area contributed by atoms with Crippen LogP contribution in [0.1, 0.15) is 84.7 Å². The Morgan fingerprint density at radius 2 is 1.67 bits per heavy atom. The Kier molecular flexibility index (Phi) is 10.6. The molecule has 4 amide bonds. The lowest BCUT2D eigenvalue weighted by atomic mass is 9.94. The minimum Gasteiger partial charge on any atom is -0.370 e. The van der Waals surface area contributed by atoms with Crippen LogP contribution >= 0.6 is 0 Å². The van der Waals surface area contributed by atoms with Gasteiger partial charge in [0.05, 0.1) is 28.5 Å². The van der Waals surface area contributed by atoms with Crippen LogP contribution in [-0.4, -0.2) is 105 Å². The standard InChI is InChI=1S/C39H48N12O4/c40-39-41-13-8-30(45-39)37(54)44-32-20-27-24-51(47-31(27)21-33(32)49-14-2-1-3-15-49)28-11-16-48(17-12-28)23-25-9-18-50(19-10-25)34-6-4-26(22-42-34)36(53)43-29-5-7-35(52)46-38(29)55/h4,6,8,13,20-22,24-25,28-29H,1-3,5,7,9-12,14-19,23H2,(H,43,53)(H,44,54)(H2,40,41,45)(H,46,52,55). The summed E-state index contributed by atoms with van der Waals surface area (Å²) in [6, 6.07) is 8.93. The molecule has 16 nitrogen and oxygen atoms in total. The SMILES string of the molecule is Nc1nccc(C(=O)Nc2cc3cn(C4CCN(CC5CCN(c6ccc(C(=O)NC7CCC(=O)NC7=O)cn6)CC5)CC4)nc3cc2N2CCCCC2)n1. The zero-order valence-electron chi connectivity index (χ0n) is 31.0. The number of hydrogen-bond acceptors (Lipinski definition) is 12. The molecule has 0 radical (unpaired) electrons. The zero-order valence-corrected chi connectivity index (χ0v) is 31.0. The molecule has 0 bridgehead atoms. The Morgan fingerprint density at radius 1 is 0.873 bits per heavy atom. The Bertz CT molecular complexity index is 2050. The van der Waals surface area contributed by atoms with E-state index in [1.807, 2.05) is 12.1 Å². The molecule has 16 heteroatoms. The van der Waals surface area contributed by atoms with Crippen molar-refractivity contribution < 1.29 is 19.2 Å². The zero-order chi connectivity index (χ0) is 37.9. The summed E-state index contributed by atoms with van der Waals surface area (Å²) in [5.74, 6) is 0.0369. The largest absolute Gasteiger partial charge is 0.370 e. The highest BCUT2D eigenvalue weighted by atomic mass is 16.2. The summed E-state index contributed by atoms with van der Waals surface area (Å²) in [5, 5.41) is 14.1. The number of rotatable bonds is 9. The number of anilines is 4. The van der Waals surface area contributed by atoms with Crippen molar-refractivity contribution in [2.24, 2.45) is 5.92 Å². The number of nitrogens with one attached hydrogen (secondary N) is 3. The second kappa shape index (κ2) is 16.0. The van der Waals surface area contributed by atoms with E-state index < -0.39 is 11.9 Å². The molecular weight excluding hydrogens is 701 g/mol. The van der Waals surface area contributed by atoms with Crippen LogP contribution in [0.3, 0.4) is 0 Å². The fourth-order valence-corrected chi connectivity index (χ4v) is 8.31. The van der Waals surface area contributed by atoms with Gasteiger partial charge in [0.15, 0.2) is 0 Å². The number of piperidine rings is 4. The summed E-state index contributed by atoms with van der Waals surface area (Å²) in [4.78, 5) is 69.1. The van der Waals surface area contributed by atoms with Crippen LogP contribution in [0.4, 0.5) is 23.1 Å². The lowest BCUT2D eigenvalue weighted by molar-refractivity contribution is -0.134. The van der Waals surface area contributed by atoms with Gasteiger partial charge in [-0.25, -0.2) is 15.0 Å². The van der Waals surface area contributed by atoms with E-state index in [0.717, 1.165) is 112 Å². The van der Waals surface area contributed by atoms with Gasteiger partial charge in [-0.3, -0.25) is 29.2 Å². The normalized spacial score (nSPS) is 20.4. The fourth-order valence-electron chi connectivity index (χ4n) is 8.31. The van der Waals surface area contributed by atoms with E-state index in [0.29, 0.717) is 23.9 Å². The molecular formula is C39H48N12O4. The van der Waals surface area contributed by atoms with Gasteiger partial charge in [-0.1, -0.05) is 0 Å². The Labute approximate surface area is 319 Å². The maximum atomic E-state index is 13.2. The molecule has 0 aliphatic carbocycles. The van der Waals surface area contributed by atoms with Crippen molar-refractivity contribution in [3.05, 3.63) is 60.2 Å². The van der Waals surface area contributed by atoms with Crippen LogP contribution in [0.25, 0.3) is 10.9 Å². The van der Waals surface area contributed by atoms with Gasteiger partial charge < -0.3 is 31.1 Å². The number of imide groups is 1. The molecule has 1 atom stereocenters. The minimum absolute atomic E-state index is 0.0637. The molecule has 4 aliphatic rings. The maximum Gasteiger partial charge on any atom is 0.274 e. The van der Waals surface area contributed by atoms with Crippen LogP contribution in [0, 0.1) is 5.92 Å². The number of amides is 4. The third kappa shape index (κ3) is 8.38. The molecule has 3 aromatic heterocycles. The van der Waals surface area contributed by atoms with Crippen LogP contribution in [0.15, 0.2) is 48.9 Å². The molecule has 0 saturated carbocycles. The van der Waals surface area contributed by atoms with Crippen molar-refractivity contribution in [1.29, 1.82) is 0 Å². The van der Waals surface area contributed by atoms with E-state index in [9.17, 15) is 19.2 Å². The third-order valence-electron chi connectivity index (χ3n) is 11.4. The maximum absolute atomic E-state index is 13.2. The first kappa shape index (κ1) is 36.3. The average Bonchev–Trinajstić information content (AvgIpc) is 3.63. The second-order valence-corrected chi connectivity index (χ2v) is 15.2. The summed E-state index contributed by atoms with van der Waals surface area (Å²) < 4.78 is 2.13. The number of aromatic nitrogens is 5. The molecule has 288 valence electrons. The van der Waals surface area contributed by atoms with Crippen LogP contribution in [-0.2, 0) is 9.59 Å². The van der Waals surface area contributed by atoms with Crippen molar-refractivity contribution in [1.82, 2.24) is 40.3 Å². The molecule has 7 heterocycles. The minimum atomic E-state index is -0.715. The summed E-state index contributed by atoms with van der Waals surface area (Å²) >= 11 is 0. The molecule has 4 aliphatic heterocycles. The second-order valence-electron chi connectivity index (χ2n) is 15.2. The molecule has 8 rings (SSSR count). The van der Waals surface area contributed by atoms with Gasteiger partial charge in [0, 0.05) is 76.2 Å². The predicted molar refractivity (Wildman–Crippen MR) is 208 cm³/mol. The van der Waals surface area contributed by atoms with Gasteiger partial charge >= 0.3 is 0 Å². The first-order valence-corrected chi connectivity index (χ1v) is 19.5. The summed E-state index contributed by atoms with van der Waals surface area (Å²) in [6.07, 6.45) is 13.3. The number of nitrogen functional groups attached to an aromatic ring is 1. The topological polar surface area (TPSA) is 197 Å².